The van der Waals surface area contributed by atoms with E-state index in [0.717, 1.165) is 12.8 Å². The third kappa shape index (κ3) is 4.76. The second kappa shape index (κ2) is 8.06. The molecular formula is C17H21FN4O3. The van der Waals surface area contributed by atoms with E-state index in [1.165, 1.54) is 29.5 Å². The molecule has 0 aliphatic heterocycles. The number of benzene rings is 1. The molecule has 1 saturated carbocycles. The van der Waals surface area contributed by atoms with E-state index in [1.807, 2.05) is 0 Å². The lowest BCUT2D eigenvalue weighted by molar-refractivity contribution is -0.122. The quantitative estimate of drug-likeness (QED) is 0.817. The van der Waals surface area contributed by atoms with Gasteiger partial charge in [-0.1, -0.05) is 6.07 Å². The zero-order valence-electron chi connectivity index (χ0n) is 13.7. The molecule has 1 aliphatic carbocycles. The summed E-state index contributed by atoms with van der Waals surface area (Å²) < 4.78 is 20.4. The summed E-state index contributed by atoms with van der Waals surface area (Å²) in [6, 6.07) is 5.88. The van der Waals surface area contributed by atoms with Gasteiger partial charge in [-0.15, -0.1) is 0 Å². The van der Waals surface area contributed by atoms with E-state index in [4.69, 9.17) is 4.74 Å². The van der Waals surface area contributed by atoms with Gasteiger partial charge in [0, 0.05) is 18.5 Å². The van der Waals surface area contributed by atoms with Crippen molar-refractivity contribution in [3.8, 4) is 5.75 Å². The number of nitrogens with one attached hydrogen (secondary N) is 1. The third-order valence-corrected chi connectivity index (χ3v) is 4.34. The Hall–Kier alpha value is -2.48. The smallest absolute Gasteiger partial charge is 0.241 e. The molecule has 0 spiro atoms. The van der Waals surface area contributed by atoms with Crippen molar-refractivity contribution in [2.75, 3.05) is 6.54 Å². The zero-order valence-corrected chi connectivity index (χ0v) is 13.7. The zero-order chi connectivity index (χ0) is 17.6. The number of hydrogen-bond acceptors (Lipinski definition) is 5. The van der Waals surface area contributed by atoms with Gasteiger partial charge < -0.3 is 15.2 Å². The largest absolute Gasteiger partial charge is 0.488 e. The van der Waals surface area contributed by atoms with E-state index in [1.54, 1.807) is 12.1 Å². The van der Waals surface area contributed by atoms with Crippen LogP contribution >= 0.6 is 0 Å². The van der Waals surface area contributed by atoms with E-state index in [9.17, 15) is 14.3 Å². The molecule has 0 unspecified atom stereocenters. The molecule has 2 aromatic rings. The van der Waals surface area contributed by atoms with Gasteiger partial charge in [0.25, 0.3) is 0 Å². The number of aliphatic hydroxyl groups is 1. The number of carbonyl (C=O) groups is 1. The molecule has 1 aromatic heterocycles. The maximum absolute atomic E-state index is 13.3. The Bertz CT molecular complexity index is 695. The number of carbonyl (C=O) groups excluding carboxylic acids is 1. The van der Waals surface area contributed by atoms with Crippen molar-refractivity contribution in [3.63, 3.8) is 0 Å². The lowest BCUT2D eigenvalue weighted by Gasteiger charge is -2.35. The molecule has 0 bridgehead atoms. The van der Waals surface area contributed by atoms with Gasteiger partial charge in [-0.05, 0) is 31.4 Å². The minimum absolute atomic E-state index is 0.0893. The fraction of sp³-hybridized carbons (Fsp3) is 0.471. The van der Waals surface area contributed by atoms with Crippen molar-refractivity contribution in [2.45, 2.75) is 38.0 Å². The molecule has 1 aliphatic rings. The fourth-order valence-corrected chi connectivity index (χ4v) is 3.06. The summed E-state index contributed by atoms with van der Waals surface area (Å²) in [6.07, 6.45) is 4.08. The van der Waals surface area contributed by atoms with Gasteiger partial charge in [-0.2, -0.15) is 5.10 Å². The van der Waals surface area contributed by atoms with Crippen LogP contribution in [-0.4, -0.2) is 44.5 Å². The first-order valence-electron chi connectivity index (χ1n) is 8.31. The molecule has 7 nitrogen and oxygen atoms in total. The highest BCUT2D eigenvalue weighted by atomic mass is 19.1. The van der Waals surface area contributed by atoms with Crippen LogP contribution in [-0.2, 0) is 11.3 Å². The van der Waals surface area contributed by atoms with Crippen molar-refractivity contribution >= 4 is 5.91 Å². The van der Waals surface area contributed by atoms with Crippen LogP contribution in [0.25, 0.3) is 0 Å². The third-order valence-electron chi connectivity index (χ3n) is 4.34. The van der Waals surface area contributed by atoms with Gasteiger partial charge in [-0.25, -0.2) is 14.1 Å². The summed E-state index contributed by atoms with van der Waals surface area (Å²) in [7, 11) is 0. The highest BCUT2D eigenvalue weighted by Crippen LogP contribution is 2.28. The number of rotatable bonds is 6. The Balaban J connectivity index is 1.51. The summed E-state index contributed by atoms with van der Waals surface area (Å²) in [5, 5.41) is 17.2. The van der Waals surface area contributed by atoms with Crippen LogP contribution < -0.4 is 10.1 Å². The van der Waals surface area contributed by atoms with E-state index in [0.29, 0.717) is 18.7 Å². The summed E-state index contributed by atoms with van der Waals surface area (Å²) in [5.41, 5.74) is 0. The van der Waals surface area contributed by atoms with Gasteiger partial charge in [0.15, 0.2) is 0 Å². The average Bonchev–Trinajstić information content (AvgIpc) is 3.09. The van der Waals surface area contributed by atoms with Crippen molar-refractivity contribution in [3.05, 3.63) is 42.7 Å². The minimum atomic E-state index is -0.719. The first kappa shape index (κ1) is 17.3. The molecular weight excluding hydrogens is 327 g/mol. The topological polar surface area (TPSA) is 89.3 Å². The number of nitrogens with zero attached hydrogens (tertiary/aromatic N) is 3. The fourth-order valence-electron chi connectivity index (χ4n) is 3.06. The van der Waals surface area contributed by atoms with E-state index >= 15 is 0 Å². The standard InChI is InChI=1S/C17H21FN4O3/c18-13-4-2-5-14(7-13)25-15-6-1-3-12(17(15)24)8-20-16(23)9-22-11-19-10-21-22/h2,4-5,7,10-12,15,17,24H,1,3,6,8-9H2,(H,20,23)/t12-,15-,17-/m1/s1. The summed E-state index contributed by atoms with van der Waals surface area (Å²) in [5.74, 6) is -0.266. The molecule has 1 amide bonds. The SMILES string of the molecule is O=C(Cn1cncn1)NC[C@H]1CCC[C@@H](Oc2cccc(F)c2)[C@@H]1O. The number of halogens is 1. The van der Waals surface area contributed by atoms with Crippen molar-refractivity contribution < 1.29 is 19.0 Å². The van der Waals surface area contributed by atoms with Crippen LogP contribution in [0.1, 0.15) is 19.3 Å². The Kier molecular flexibility index (Phi) is 5.60. The number of aromatic nitrogens is 3. The molecule has 1 aromatic carbocycles. The second-order valence-electron chi connectivity index (χ2n) is 6.19. The molecule has 3 rings (SSSR count). The van der Waals surface area contributed by atoms with Crippen LogP contribution in [0.4, 0.5) is 4.39 Å². The molecule has 8 heteroatoms. The highest BCUT2D eigenvalue weighted by Gasteiger charge is 2.33. The van der Waals surface area contributed by atoms with E-state index in [2.05, 4.69) is 15.4 Å². The predicted molar refractivity (Wildman–Crippen MR) is 87.2 cm³/mol. The molecule has 134 valence electrons. The van der Waals surface area contributed by atoms with E-state index in [-0.39, 0.29) is 24.2 Å². The maximum atomic E-state index is 13.3. The van der Waals surface area contributed by atoms with E-state index < -0.39 is 12.2 Å². The Morgan fingerprint density at radius 1 is 1.44 bits per heavy atom. The Morgan fingerprint density at radius 2 is 2.32 bits per heavy atom. The van der Waals surface area contributed by atoms with Crippen molar-refractivity contribution in [1.29, 1.82) is 0 Å². The summed E-state index contributed by atoms with van der Waals surface area (Å²) in [6.45, 7) is 0.448. The monoisotopic (exact) mass is 348 g/mol. The van der Waals surface area contributed by atoms with Crippen LogP contribution in [0.5, 0.6) is 5.75 Å². The van der Waals surface area contributed by atoms with Gasteiger partial charge in [0.1, 0.15) is 36.9 Å². The molecule has 1 heterocycles. The highest BCUT2D eigenvalue weighted by molar-refractivity contribution is 5.75. The van der Waals surface area contributed by atoms with Gasteiger partial charge in [0.2, 0.25) is 5.91 Å². The molecule has 3 atom stereocenters. The molecule has 0 radical (unpaired) electrons. The van der Waals surface area contributed by atoms with Crippen molar-refractivity contribution in [2.24, 2.45) is 5.92 Å². The van der Waals surface area contributed by atoms with Gasteiger partial charge >= 0.3 is 0 Å². The van der Waals surface area contributed by atoms with Crippen LogP contribution in [0.3, 0.4) is 0 Å². The summed E-state index contributed by atoms with van der Waals surface area (Å²) in [4.78, 5) is 15.7. The Morgan fingerprint density at radius 3 is 3.08 bits per heavy atom. The second-order valence-corrected chi connectivity index (χ2v) is 6.19. The average molecular weight is 348 g/mol. The molecule has 25 heavy (non-hydrogen) atoms. The van der Waals surface area contributed by atoms with Crippen LogP contribution in [0.2, 0.25) is 0 Å². The van der Waals surface area contributed by atoms with Crippen LogP contribution in [0, 0.1) is 11.7 Å². The van der Waals surface area contributed by atoms with Crippen molar-refractivity contribution in [1.82, 2.24) is 20.1 Å². The normalized spacial score (nSPS) is 23.2. The summed E-state index contributed by atoms with van der Waals surface area (Å²) >= 11 is 0. The first-order chi connectivity index (χ1) is 12.1. The molecule has 2 N–H and O–H groups in total. The number of aliphatic hydroxyl groups excluding tert-OH is 1. The molecule has 0 saturated heterocycles. The number of amides is 1. The minimum Gasteiger partial charge on any atom is -0.488 e. The molecule has 1 fully saturated rings. The lowest BCUT2D eigenvalue weighted by atomic mass is 9.84. The van der Waals surface area contributed by atoms with Gasteiger partial charge in [0.05, 0.1) is 6.10 Å². The first-order valence-corrected chi connectivity index (χ1v) is 8.31. The lowest BCUT2D eigenvalue weighted by Crippen LogP contribution is -2.46. The van der Waals surface area contributed by atoms with Crippen LogP contribution in [0.15, 0.2) is 36.9 Å². The predicted octanol–water partition coefficient (Wildman–Crippen LogP) is 1.14. The maximum Gasteiger partial charge on any atom is 0.241 e. The number of ether oxygens (including phenoxy) is 1. The van der Waals surface area contributed by atoms with Gasteiger partial charge in [-0.3, -0.25) is 4.79 Å². The Labute approximate surface area is 144 Å². The number of hydrogen-bond donors (Lipinski definition) is 2.